The van der Waals surface area contributed by atoms with Gasteiger partial charge in [0.15, 0.2) is 0 Å². The second-order valence-corrected chi connectivity index (χ2v) is 4.21. The zero-order valence-electron chi connectivity index (χ0n) is 11.2. The zero-order chi connectivity index (χ0) is 14.3. The van der Waals surface area contributed by atoms with E-state index in [2.05, 4.69) is 4.74 Å². The fourth-order valence-corrected chi connectivity index (χ4v) is 1.70. The van der Waals surface area contributed by atoms with Gasteiger partial charge in [-0.3, -0.25) is 4.90 Å². The van der Waals surface area contributed by atoms with Crippen LogP contribution in [0.5, 0.6) is 0 Å². The highest BCUT2D eigenvalue weighted by Gasteiger charge is 2.41. The van der Waals surface area contributed by atoms with Crippen LogP contribution in [0.4, 0.5) is 8.78 Å². The highest BCUT2D eigenvalue weighted by atomic mass is 19.3. The Morgan fingerprint density at radius 3 is 2.42 bits per heavy atom. The second-order valence-electron chi connectivity index (χ2n) is 4.21. The average molecular weight is 271 g/mol. The molecule has 0 bridgehead atoms. The molecule has 0 heterocycles. The molecule has 0 aliphatic heterocycles. The fraction of sp³-hybridized carbons (Fsp3) is 0.500. The van der Waals surface area contributed by atoms with Gasteiger partial charge >= 0.3 is 11.9 Å². The van der Waals surface area contributed by atoms with Crippen LogP contribution in [-0.4, -0.2) is 36.5 Å². The summed E-state index contributed by atoms with van der Waals surface area (Å²) in [5.74, 6) is -4.93. The summed E-state index contributed by atoms with van der Waals surface area (Å²) in [6.07, 6.45) is 0. The van der Waals surface area contributed by atoms with Crippen LogP contribution < -0.4 is 0 Å². The van der Waals surface area contributed by atoms with E-state index >= 15 is 0 Å². The van der Waals surface area contributed by atoms with E-state index in [0.717, 1.165) is 5.56 Å². The number of ether oxygens (including phenoxy) is 1. The summed E-state index contributed by atoms with van der Waals surface area (Å²) < 4.78 is 31.6. The van der Waals surface area contributed by atoms with E-state index in [-0.39, 0.29) is 6.61 Å². The van der Waals surface area contributed by atoms with Crippen LogP contribution in [0.2, 0.25) is 0 Å². The Bertz CT molecular complexity index is 396. The minimum Gasteiger partial charge on any atom is -0.462 e. The van der Waals surface area contributed by atoms with Gasteiger partial charge in [0.2, 0.25) is 0 Å². The van der Waals surface area contributed by atoms with E-state index in [1.807, 2.05) is 30.3 Å². The van der Waals surface area contributed by atoms with Crippen LogP contribution in [0.3, 0.4) is 0 Å². The Morgan fingerprint density at radius 1 is 1.26 bits per heavy atom. The summed E-state index contributed by atoms with van der Waals surface area (Å²) in [6.45, 7) is 3.44. The third-order valence-corrected chi connectivity index (χ3v) is 2.69. The molecule has 0 saturated carbocycles. The first kappa shape index (κ1) is 15.6. The number of rotatable bonds is 7. The van der Waals surface area contributed by atoms with Crippen molar-refractivity contribution in [1.82, 2.24) is 4.90 Å². The third-order valence-electron chi connectivity index (χ3n) is 2.69. The smallest absolute Gasteiger partial charge is 0.378 e. The number of esters is 1. The quantitative estimate of drug-likeness (QED) is 0.714. The van der Waals surface area contributed by atoms with Crippen molar-refractivity contribution in [3.8, 4) is 0 Å². The minimum atomic E-state index is -3.47. The first-order valence-electron chi connectivity index (χ1n) is 6.31. The number of alkyl halides is 2. The topological polar surface area (TPSA) is 29.5 Å². The van der Waals surface area contributed by atoms with E-state index in [1.54, 1.807) is 6.92 Å². The maximum Gasteiger partial charge on any atom is 0.378 e. The first-order chi connectivity index (χ1) is 8.99. The molecule has 19 heavy (non-hydrogen) atoms. The zero-order valence-corrected chi connectivity index (χ0v) is 11.2. The summed E-state index contributed by atoms with van der Waals surface area (Å²) in [7, 11) is 0. The first-order valence-corrected chi connectivity index (χ1v) is 6.31. The number of carbonyl (C=O) groups is 1. The molecule has 0 aliphatic carbocycles. The van der Waals surface area contributed by atoms with Gasteiger partial charge in [-0.05, 0) is 19.0 Å². The Kier molecular flexibility index (Phi) is 5.89. The highest BCUT2D eigenvalue weighted by molar-refractivity contribution is 5.77. The largest absolute Gasteiger partial charge is 0.462 e. The molecule has 0 aliphatic rings. The highest BCUT2D eigenvalue weighted by Crippen LogP contribution is 2.19. The number of benzene rings is 1. The molecular weight excluding hydrogens is 252 g/mol. The molecule has 1 aromatic rings. The Balaban J connectivity index is 2.63. The lowest BCUT2D eigenvalue weighted by atomic mass is 10.2. The van der Waals surface area contributed by atoms with Crippen LogP contribution in [0.15, 0.2) is 30.3 Å². The van der Waals surface area contributed by atoms with Crippen molar-refractivity contribution in [1.29, 1.82) is 0 Å². The Hall–Kier alpha value is -1.49. The second kappa shape index (κ2) is 7.19. The summed E-state index contributed by atoms with van der Waals surface area (Å²) in [5, 5.41) is 0. The van der Waals surface area contributed by atoms with Gasteiger partial charge in [0.25, 0.3) is 0 Å². The van der Waals surface area contributed by atoms with E-state index in [9.17, 15) is 13.6 Å². The lowest BCUT2D eigenvalue weighted by molar-refractivity contribution is -0.174. The van der Waals surface area contributed by atoms with Gasteiger partial charge in [-0.15, -0.1) is 0 Å². The molecule has 106 valence electrons. The summed E-state index contributed by atoms with van der Waals surface area (Å²) in [6, 6.07) is 9.31. The monoisotopic (exact) mass is 271 g/mol. The van der Waals surface area contributed by atoms with Crippen LogP contribution in [0.1, 0.15) is 19.4 Å². The molecule has 5 heteroatoms. The van der Waals surface area contributed by atoms with Gasteiger partial charge in [-0.25, -0.2) is 4.79 Å². The molecule has 0 spiro atoms. The van der Waals surface area contributed by atoms with Gasteiger partial charge in [0, 0.05) is 6.54 Å². The molecular formula is C14H19F2NO2. The average Bonchev–Trinajstić information content (AvgIpc) is 2.39. The van der Waals surface area contributed by atoms with Crippen LogP contribution in [-0.2, 0) is 16.1 Å². The molecule has 0 radical (unpaired) electrons. The molecule has 1 rings (SSSR count). The maximum atomic E-state index is 13.6. The standard InChI is InChI=1S/C14H19F2NO2/c1-3-17(10-12-8-6-5-7-9-12)11-14(15,16)13(18)19-4-2/h5-9H,3-4,10-11H2,1-2H3. The fourth-order valence-electron chi connectivity index (χ4n) is 1.70. The van der Waals surface area contributed by atoms with Gasteiger partial charge in [-0.1, -0.05) is 37.3 Å². The third kappa shape index (κ3) is 4.95. The van der Waals surface area contributed by atoms with Crippen molar-refractivity contribution in [3.63, 3.8) is 0 Å². The predicted molar refractivity (Wildman–Crippen MR) is 69.0 cm³/mol. The van der Waals surface area contributed by atoms with E-state index in [4.69, 9.17) is 0 Å². The van der Waals surface area contributed by atoms with Crippen LogP contribution in [0.25, 0.3) is 0 Å². The number of carbonyl (C=O) groups excluding carboxylic acids is 1. The lowest BCUT2D eigenvalue weighted by Crippen LogP contribution is -2.43. The molecule has 0 aromatic heterocycles. The Morgan fingerprint density at radius 2 is 1.89 bits per heavy atom. The molecule has 0 atom stereocenters. The van der Waals surface area contributed by atoms with E-state index < -0.39 is 18.4 Å². The van der Waals surface area contributed by atoms with Gasteiger partial charge in [0.1, 0.15) is 0 Å². The van der Waals surface area contributed by atoms with Crippen molar-refractivity contribution in [2.75, 3.05) is 19.7 Å². The molecule has 0 N–H and O–H groups in total. The maximum absolute atomic E-state index is 13.6. The minimum absolute atomic E-state index is 0.0424. The number of nitrogens with zero attached hydrogens (tertiary/aromatic N) is 1. The van der Waals surface area contributed by atoms with Crippen molar-refractivity contribution >= 4 is 5.97 Å². The van der Waals surface area contributed by atoms with E-state index in [0.29, 0.717) is 13.1 Å². The number of halogens is 2. The van der Waals surface area contributed by atoms with Gasteiger partial charge in [-0.2, -0.15) is 8.78 Å². The summed E-state index contributed by atoms with van der Waals surface area (Å²) in [5.41, 5.74) is 0.934. The molecule has 0 amide bonds. The molecule has 0 unspecified atom stereocenters. The van der Waals surface area contributed by atoms with Crippen LogP contribution in [0, 0.1) is 0 Å². The van der Waals surface area contributed by atoms with Crippen molar-refractivity contribution in [2.24, 2.45) is 0 Å². The van der Waals surface area contributed by atoms with E-state index in [1.165, 1.54) is 11.8 Å². The SMILES string of the molecule is CCOC(=O)C(F)(F)CN(CC)Cc1ccccc1. The number of hydrogen-bond donors (Lipinski definition) is 0. The predicted octanol–water partition coefficient (Wildman–Crippen LogP) is 2.71. The van der Waals surface area contributed by atoms with Gasteiger partial charge < -0.3 is 4.74 Å². The summed E-state index contributed by atoms with van der Waals surface area (Å²) in [4.78, 5) is 12.7. The molecule has 1 aromatic carbocycles. The molecule has 3 nitrogen and oxygen atoms in total. The van der Waals surface area contributed by atoms with Crippen molar-refractivity contribution in [2.45, 2.75) is 26.3 Å². The molecule has 0 saturated heterocycles. The van der Waals surface area contributed by atoms with Gasteiger partial charge in [0.05, 0.1) is 13.2 Å². The summed E-state index contributed by atoms with van der Waals surface area (Å²) >= 11 is 0. The van der Waals surface area contributed by atoms with Crippen molar-refractivity contribution < 1.29 is 18.3 Å². The number of hydrogen-bond acceptors (Lipinski definition) is 3. The van der Waals surface area contributed by atoms with Crippen LogP contribution >= 0.6 is 0 Å². The molecule has 0 fully saturated rings. The van der Waals surface area contributed by atoms with Crippen molar-refractivity contribution in [3.05, 3.63) is 35.9 Å². The Labute approximate surface area is 112 Å². The normalized spacial score (nSPS) is 11.6. The lowest BCUT2D eigenvalue weighted by Gasteiger charge is -2.24.